The molecule has 13 heavy (non-hydrogen) atoms. The Morgan fingerprint density at radius 2 is 2.00 bits per heavy atom. The zero-order valence-corrected chi connectivity index (χ0v) is 8.16. The number of allylic oxidation sites excluding steroid dienone is 3. The fourth-order valence-electron chi connectivity index (χ4n) is 1.18. The highest BCUT2D eigenvalue weighted by atomic mass is 13.9. The minimum Gasteiger partial charge on any atom is -0.0961 e. The lowest BCUT2D eigenvalue weighted by atomic mass is 10.1. The second-order valence-corrected chi connectivity index (χ2v) is 3.27. The summed E-state index contributed by atoms with van der Waals surface area (Å²) in [6, 6.07) is 10.5. The van der Waals surface area contributed by atoms with Crippen LogP contribution in [0, 0.1) is 0 Å². The van der Waals surface area contributed by atoms with Crippen LogP contribution in [-0.2, 0) is 6.42 Å². The quantitative estimate of drug-likeness (QED) is 0.607. The molecule has 0 bridgehead atoms. The smallest absolute Gasteiger partial charge is 0.0244 e. The molecule has 0 amide bonds. The van der Waals surface area contributed by atoms with Crippen LogP contribution in [0.4, 0.5) is 0 Å². The third-order valence-electron chi connectivity index (χ3n) is 1.84. The van der Waals surface area contributed by atoms with Crippen molar-refractivity contribution in [2.75, 3.05) is 0 Å². The van der Waals surface area contributed by atoms with Gasteiger partial charge in [-0.3, -0.25) is 0 Å². The molecule has 0 aliphatic heterocycles. The Morgan fingerprint density at radius 3 is 2.62 bits per heavy atom. The number of hydrogen-bond donors (Lipinski definition) is 0. The van der Waals surface area contributed by atoms with Crippen molar-refractivity contribution < 1.29 is 0 Å². The van der Waals surface area contributed by atoms with Gasteiger partial charge in [-0.25, -0.2) is 0 Å². The summed E-state index contributed by atoms with van der Waals surface area (Å²) in [7, 11) is 0. The number of hydrogen-bond acceptors (Lipinski definition) is 0. The molecule has 0 N–H and O–H groups in total. The molecule has 0 fully saturated rings. The summed E-state index contributed by atoms with van der Waals surface area (Å²) in [4.78, 5) is 0. The molecule has 68 valence electrons. The molecule has 0 heteroatoms. The molecule has 0 saturated heterocycles. The molecule has 0 nitrogen and oxygen atoms in total. The maximum atomic E-state index is 3.81. The van der Waals surface area contributed by atoms with Crippen molar-refractivity contribution in [3.63, 3.8) is 0 Å². The average Bonchev–Trinajstić information content (AvgIpc) is 2.14. The first-order valence-corrected chi connectivity index (χ1v) is 4.65. The average molecular weight is 172 g/mol. The summed E-state index contributed by atoms with van der Waals surface area (Å²) in [6.45, 7) is 5.83. The van der Waals surface area contributed by atoms with Crippen molar-refractivity contribution in [3.8, 4) is 0 Å². The van der Waals surface area contributed by atoms with Gasteiger partial charge in [0.1, 0.15) is 0 Å². The molecule has 0 aliphatic carbocycles. The van der Waals surface area contributed by atoms with Gasteiger partial charge in [0.15, 0.2) is 0 Å². The largest absolute Gasteiger partial charge is 0.0961 e. The van der Waals surface area contributed by atoms with Crippen LogP contribution in [0.1, 0.15) is 18.9 Å². The lowest BCUT2D eigenvalue weighted by Gasteiger charge is -1.96. The fraction of sp³-hybridized carbons (Fsp3) is 0.231. The maximum absolute atomic E-state index is 3.81. The van der Waals surface area contributed by atoms with E-state index in [1.807, 2.05) is 13.0 Å². The molecule has 0 aliphatic rings. The summed E-state index contributed by atoms with van der Waals surface area (Å²) in [5.41, 5.74) is 2.52. The molecule has 0 atom stereocenters. The second-order valence-electron chi connectivity index (χ2n) is 3.27. The van der Waals surface area contributed by atoms with Crippen molar-refractivity contribution in [1.29, 1.82) is 0 Å². The lowest BCUT2D eigenvalue weighted by molar-refractivity contribution is 1.00. The van der Waals surface area contributed by atoms with Crippen LogP contribution in [-0.4, -0.2) is 0 Å². The van der Waals surface area contributed by atoms with Gasteiger partial charge in [0, 0.05) is 0 Å². The highest BCUT2D eigenvalue weighted by molar-refractivity contribution is 5.16. The van der Waals surface area contributed by atoms with Crippen molar-refractivity contribution in [2.45, 2.75) is 19.8 Å². The maximum Gasteiger partial charge on any atom is -0.0244 e. The highest BCUT2D eigenvalue weighted by Gasteiger charge is 1.87. The predicted molar refractivity (Wildman–Crippen MR) is 58.7 cm³/mol. The van der Waals surface area contributed by atoms with Crippen molar-refractivity contribution in [1.82, 2.24) is 0 Å². The number of aryl methyl sites for hydroxylation is 1. The van der Waals surface area contributed by atoms with E-state index in [9.17, 15) is 0 Å². The zero-order chi connectivity index (χ0) is 9.52. The standard InChI is InChI=1S/C13H16/c1-12(2)8-6-7-11-13-9-4-3-5-10-13/h3-6,8-10H,1,7,11H2,2H3/b8-6+. The van der Waals surface area contributed by atoms with Gasteiger partial charge in [0.05, 0.1) is 0 Å². The van der Waals surface area contributed by atoms with Gasteiger partial charge >= 0.3 is 0 Å². The van der Waals surface area contributed by atoms with E-state index in [-0.39, 0.29) is 0 Å². The molecule has 0 spiro atoms. The van der Waals surface area contributed by atoms with Gasteiger partial charge in [-0.1, -0.05) is 54.6 Å². The minimum absolute atomic E-state index is 1.09. The molecule has 0 heterocycles. The summed E-state index contributed by atoms with van der Waals surface area (Å²) >= 11 is 0. The number of rotatable bonds is 4. The van der Waals surface area contributed by atoms with Crippen LogP contribution in [0.3, 0.4) is 0 Å². The van der Waals surface area contributed by atoms with Gasteiger partial charge in [-0.05, 0) is 25.3 Å². The lowest BCUT2D eigenvalue weighted by Crippen LogP contribution is -1.81. The fourth-order valence-corrected chi connectivity index (χ4v) is 1.18. The van der Waals surface area contributed by atoms with E-state index in [0.717, 1.165) is 18.4 Å². The summed E-state index contributed by atoms with van der Waals surface area (Å²) in [6.07, 6.45) is 6.46. The van der Waals surface area contributed by atoms with Gasteiger partial charge in [-0.2, -0.15) is 0 Å². The summed E-state index contributed by atoms with van der Waals surface area (Å²) in [5.74, 6) is 0. The Kier molecular flexibility index (Phi) is 4.04. The molecule has 0 unspecified atom stereocenters. The first kappa shape index (κ1) is 9.79. The van der Waals surface area contributed by atoms with E-state index in [0.29, 0.717) is 0 Å². The Labute approximate surface area is 80.6 Å². The number of benzene rings is 1. The van der Waals surface area contributed by atoms with E-state index in [1.54, 1.807) is 0 Å². The Morgan fingerprint density at radius 1 is 1.31 bits per heavy atom. The minimum atomic E-state index is 1.09. The van der Waals surface area contributed by atoms with E-state index < -0.39 is 0 Å². The topological polar surface area (TPSA) is 0 Å². The monoisotopic (exact) mass is 172 g/mol. The van der Waals surface area contributed by atoms with Gasteiger partial charge in [0.25, 0.3) is 0 Å². The van der Waals surface area contributed by atoms with Crippen LogP contribution in [0.25, 0.3) is 0 Å². The molecule has 0 aromatic heterocycles. The normalized spacial score (nSPS) is 10.5. The van der Waals surface area contributed by atoms with Crippen molar-refractivity contribution >= 4 is 0 Å². The van der Waals surface area contributed by atoms with Crippen LogP contribution >= 0.6 is 0 Å². The molecular weight excluding hydrogens is 156 g/mol. The first-order valence-electron chi connectivity index (χ1n) is 4.65. The SMILES string of the molecule is C=C(C)/C=C/CCc1ccccc1. The van der Waals surface area contributed by atoms with E-state index in [1.165, 1.54) is 5.56 Å². The third kappa shape index (κ3) is 4.32. The van der Waals surface area contributed by atoms with Crippen molar-refractivity contribution in [2.24, 2.45) is 0 Å². The molecule has 0 saturated carbocycles. The first-order chi connectivity index (χ1) is 6.29. The molecular formula is C13H16. The predicted octanol–water partition coefficient (Wildman–Crippen LogP) is 3.75. The Bertz CT molecular complexity index is 280. The van der Waals surface area contributed by atoms with Gasteiger partial charge < -0.3 is 0 Å². The molecule has 1 aromatic rings. The summed E-state index contributed by atoms with van der Waals surface area (Å²) in [5, 5.41) is 0. The van der Waals surface area contributed by atoms with E-state index in [2.05, 4.69) is 43.0 Å². The molecule has 1 aromatic carbocycles. The van der Waals surface area contributed by atoms with Gasteiger partial charge in [0.2, 0.25) is 0 Å². The van der Waals surface area contributed by atoms with E-state index in [4.69, 9.17) is 0 Å². The molecule has 0 radical (unpaired) electrons. The summed E-state index contributed by atoms with van der Waals surface area (Å²) < 4.78 is 0. The van der Waals surface area contributed by atoms with Crippen LogP contribution in [0.15, 0.2) is 54.6 Å². The molecule has 1 rings (SSSR count). The van der Waals surface area contributed by atoms with Crippen LogP contribution < -0.4 is 0 Å². The third-order valence-corrected chi connectivity index (χ3v) is 1.84. The Balaban J connectivity index is 2.32. The van der Waals surface area contributed by atoms with Crippen LogP contribution in [0.5, 0.6) is 0 Å². The van der Waals surface area contributed by atoms with Crippen LogP contribution in [0.2, 0.25) is 0 Å². The Hall–Kier alpha value is -1.30. The second kappa shape index (κ2) is 5.36. The van der Waals surface area contributed by atoms with E-state index >= 15 is 0 Å². The highest BCUT2D eigenvalue weighted by Crippen LogP contribution is 2.03. The van der Waals surface area contributed by atoms with Crippen molar-refractivity contribution in [3.05, 3.63) is 60.2 Å². The zero-order valence-electron chi connectivity index (χ0n) is 8.16. The van der Waals surface area contributed by atoms with Gasteiger partial charge in [-0.15, -0.1) is 0 Å².